The number of fused-ring (bicyclic) bond motifs is 3. The normalized spacial score (nSPS) is 11.1. The third kappa shape index (κ3) is 1.99. The summed E-state index contributed by atoms with van der Waals surface area (Å²) in [7, 11) is 0. The molecule has 106 valence electrons. The van der Waals surface area contributed by atoms with Crippen molar-refractivity contribution in [2.45, 2.75) is 6.92 Å². The number of hydrogen-bond donors (Lipinski definition) is 0. The topological polar surface area (TPSA) is 43.1 Å². The van der Waals surface area contributed by atoms with Crippen LogP contribution < -0.4 is 5.63 Å². The van der Waals surface area contributed by atoms with Crippen molar-refractivity contribution in [3.63, 3.8) is 0 Å². The molecule has 2 heterocycles. The molecule has 4 aromatic rings. The van der Waals surface area contributed by atoms with Crippen molar-refractivity contribution >= 4 is 21.9 Å². The Kier molecular flexibility index (Phi) is 2.79. The van der Waals surface area contributed by atoms with Crippen LogP contribution in [0.3, 0.4) is 0 Å². The highest BCUT2D eigenvalue weighted by Gasteiger charge is 2.09. The summed E-state index contributed by atoms with van der Waals surface area (Å²) in [5, 5.41) is 1.37. The van der Waals surface area contributed by atoms with Crippen LogP contribution in [0.1, 0.15) is 5.56 Å². The van der Waals surface area contributed by atoms with Gasteiger partial charge in [0.05, 0.1) is 10.9 Å². The predicted molar refractivity (Wildman–Crippen MR) is 88.0 cm³/mol. The minimum absolute atomic E-state index is 0.352. The lowest BCUT2D eigenvalue weighted by Crippen LogP contribution is -2.01. The molecule has 2 aromatic carbocycles. The zero-order valence-electron chi connectivity index (χ0n) is 12.0. The molecule has 0 bridgehead atoms. The molecule has 0 aliphatic carbocycles. The van der Waals surface area contributed by atoms with E-state index in [2.05, 4.69) is 4.98 Å². The van der Waals surface area contributed by atoms with Gasteiger partial charge in [-0.1, -0.05) is 42.0 Å². The van der Waals surface area contributed by atoms with E-state index in [0.29, 0.717) is 16.5 Å². The fraction of sp³-hybridized carbons (Fsp3) is 0.0526. The number of aryl methyl sites for hydroxylation is 1. The Balaban J connectivity index is 2.02. The van der Waals surface area contributed by atoms with Crippen LogP contribution in [0, 0.1) is 6.92 Å². The zero-order valence-corrected chi connectivity index (χ0v) is 12.0. The second-order valence-electron chi connectivity index (χ2n) is 5.37. The Bertz CT molecular complexity index is 1050. The predicted octanol–water partition coefficient (Wildman–Crippen LogP) is 4.32. The van der Waals surface area contributed by atoms with Gasteiger partial charge >= 0.3 is 5.63 Å². The maximum absolute atomic E-state index is 12.2. The van der Waals surface area contributed by atoms with Crippen molar-refractivity contribution in [2.24, 2.45) is 0 Å². The number of pyridine rings is 1. The molecule has 0 spiro atoms. The molecule has 22 heavy (non-hydrogen) atoms. The number of rotatable bonds is 1. The first-order valence-corrected chi connectivity index (χ1v) is 7.11. The van der Waals surface area contributed by atoms with Crippen molar-refractivity contribution in [3.05, 3.63) is 76.8 Å². The van der Waals surface area contributed by atoms with Crippen LogP contribution >= 0.6 is 0 Å². The van der Waals surface area contributed by atoms with E-state index in [9.17, 15) is 4.79 Å². The lowest BCUT2D eigenvalue weighted by Gasteiger charge is -2.05. The smallest absolute Gasteiger partial charge is 0.345 e. The summed E-state index contributed by atoms with van der Waals surface area (Å²) >= 11 is 0. The van der Waals surface area contributed by atoms with Gasteiger partial charge in [-0.15, -0.1) is 0 Å². The summed E-state index contributed by atoms with van der Waals surface area (Å²) in [5.74, 6) is 0. The summed E-state index contributed by atoms with van der Waals surface area (Å²) in [6, 6.07) is 17.5. The molecule has 0 saturated carbocycles. The van der Waals surface area contributed by atoms with Crippen molar-refractivity contribution in [1.82, 2.24) is 4.98 Å². The molecule has 0 saturated heterocycles. The standard InChI is InChI=1S/C19H13NO2/c1-12-6-8-13(9-7-12)14-10-16-18(20-11-14)15-4-2-3-5-17(15)22-19(16)21/h2-11H,1H3. The van der Waals surface area contributed by atoms with Crippen LogP contribution in [0.2, 0.25) is 0 Å². The van der Waals surface area contributed by atoms with Gasteiger partial charge in [-0.2, -0.15) is 0 Å². The third-order valence-electron chi connectivity index (χ3n) is 3.84. The van der Waals surface area contributed by atoms with Crippen molar-refractivity contribution in [3.8, 4) is 11.1 Å². The van der Waals surface area contributed by atoms with Gasteiger partial charge in [0.25, 0.3) is 0 Å². The summed E-state index contributed by atoms with van der Waals surface area (Å²) in [6.45, 7) is 2.04. The van der Waals surface area contributed by atoms with Gasteiger partial charge < -0.3 is 4.42 Å². The molecular weight excluding hydrogens is 274 g/mol. The van der Waals surface area contributed by atoms with Crippen LogP contribution in [0.4, 0.5) is 0 Å². The molecule has 0 atom stereocenters. The van der Waals surface area contributed by atoms with Gasteiger partial charge in [0.2, 0.25) is 0 Å². The highest BCUT2D eigenvalue weighted by atomic mass is 16.4. The van der Waals surface area contributed by atoms with Crippen LogP contribution in [0.25, 0.3) is 33.0 Å². The van der Waals surface area contributed by atoms with Crippen molar-refractivity contribution in [2.75, 3.05) is 0 Å². The van der Waals surface area contributed by atoms with Crippen molar-refractivity contribution in [1.29, 1.82) is 0 Å². The average molecular weight is 287 g/mol. The first-order valence-electron chi connectivity index (χ1n) is 7.11. The number of para-hydroxylation sites is 1. The molecule has 0 N–H and O–H groups in total. The summed E-state index contributed by atoms with van der Waals surface area (Å²) in [4.78, 5) is 16.7. The summed E-state index contributed by atoms with van der Waals surface area (Å²) in [6.07, 6.45) is 1.80. The summed E-state index contributed by atoms with van der Waals surface area (Å²) < 4.78 is 5.39. The first kappa shape index (κ1) is 12.8. The molecule has 3 heteroatoms. The maximum Gasteiger partial charge on any atom is 0.345 e. The van der Waals surface area contributed by atoms with Gasteiger partial charge in [0.15, 0.2) is 0 Å². The fourth-order valence-electron chi connectivity index (χ4n) is 2.64. The average Bonchev–Trinajstić information content (AvgIpc) is 2.55. The van der Waals surface area contributed by atoms with Crippen LogP contribution in [-0.4, -0.2) is 4.98 Å². The van der Waals surface area contributed by atoms with E-state index in [1.165, 1.54) is 5.56 Å². The zero-order chi connectivity index (χ0) is 15.1. The van der Waals surface area contributed by atoms with E-state index >= 15 is 0 Å². The summed E-state index contributed by atoms with van der Waals surface area (Å²) in [5.41, 5.74) is 4.04. The van der Waals surface area contributed by atoms with E-state index in [1.807, 2.05) is 55.5 Å². The van der Waals surface area contributed by atoms with Crippen LogP contribution in [0.5, 0.6) is 0 Å². The Morgan fingerprint density at radius 2 is 1.68 bits per heavy atom. The minimum Gasteiger partial charge on any atom is -0.422 e. The van der Waals surface area contributed by atoms with E-state index in [0.717, 1.165) is 16.5 Å². The molecule has 0 unspecified atom stereocenters. The maximum atomic E-state index is 12.2. The van der Waals surface area contributed by atoms with Gasteiger partial charge in [-0.3, -0.25) is 4.98 Å². The van der Waals surface area contributed by atoms with Gasteiger partial charge in [0, 0.05) is 17.1 Å². The highest BCUT2D eigenvalue weighted by molar-refractivity contribution is 6.02. The van der Waals surface area contributed by atoms with Gasteiger partial charge in [-0.25, -0.2) is 4.79 Å². The van der Waals surface area contributed by atoms with Gasteiger partial charge in [0.1, 0.15) is 5.58 Å². The third-order valence-corrected chi connectivity index (χ3v) is 3.84. The van der Waals surface area contributed by atoms with E-state index in [4.69, 9.17) is 4.42 Å². The number of benzene rings is 2. The Labute approximate surface area is 126 Å². The highest BCUT2D eigenvalue weighted by Crippen LogP contribution is 2.25. The monoisotopic (exact) mass is 287 g/mol. The quantitative estimate of drug-likeness (QED) is 0.387. The van der Waals surface area contributed by atoms with E-state index in [-0.39, 0.29) is 5.63 Å². The molecular formula is C19H13NO2. The lowest BCUT2D eigenvalue weighted by molar-refractivity contribution is 0.569. The number of nitrogens with zero attached hydrogens (tertiary/aromatic N) is 1. The Morgan fingerprint density at radius 1 is 0.909 bits per heavy atom. The molecule has 0 radical (unpaired) electrons. The molecule has 0 fully saturated rings. The fourth-order valence-corrected chi connectivity index (χ4v) is 2.64. The largest absolute Gasteiger partial charge is 0.422 e. The van der Waals surface area contributed by atoms with Crippen LogP contribution in [-0.2, 0) is 0 Å². The lowest BCUT2D eigenvalue weighted by atomic mass is 10.0. The first-order chi connectivity index (χ1) is 10.7. The molecule has 4 rings (SSSR count). The second-order valence-corrected chi connectivity index (χ2v) is 5.37. The SMILES string of the molecule is Cc1ccc(-c2cnc3c(c2)c(=O)oc2ccccc23)cc1. The molecule has 0 aliphatic rings. The number of hydrogen-bond acceptors (Lipinski definition) is 3. The van der Waals surface area contributed by atoms with Crippen LogP contribution in [0.15, 0.2) is 70.0 Å². The molecule has 3 nitrogen and oxygen atoms in total. The van der Waals surface area contributed by atoms with Crippen molar-refractivity contribution < 1.29 is 4.42 Å². The van der Waals surface area contributed by atoms with E-state index in [1.54, 1.807) is 12.3 Å². The second kappa shape index (κ2) is 4.81. The minimum atomic E-state index is -0.352. The number of aromatic nitrogens is 1. The molecule has 0 aliphatic heterocycles. The Morgan fingerprint density at radius 3 is 2.50 bits per heavy atom. The van der Waals surface area contributed by atoms with Gasteiger partial charge in [-0.05, 0) is 30.7 Å². The Hall–Kier alpha value is -2.94. The van der Waals surface area contributed by atoms with E-state index < -0.39 is 0 Å². The molecule has 2 aromatic heterocycles. The molecule has 0 amide bonds.